The number of hydrogen-bond donors (Lipinski definition) is 2. The maximum Gasteiger partial charge on any atom is 0.341 e. The molecule has 3 aromatic rings. The first-order valence-corrected chi connectivity index (χ1v) is 11.6. The number of hydroxylamine groups is 1. The van der Waals surface area contributed by atoms with Crippen molar-refractivity contribution >= 4 is 5.97 Å². The molecule has 1 aliphatic rings. The quantitative estimate of drug-likeness (QED) is 0.327. The van der Waals surface area contributed by atoms with Gasteiger partial charge in [0.05, 0.1) is 6.04 Å². The van der Waals surface area contributed by atoms with Gasteiger partial charge in [-0.3, -0.25) is 9.82 Å². The van der Waals surface area contributed by atoms with Crippen LogP contribution in [-0.2, 0) is 22.5 Å². The SMILES string of the molecule is CCC(C=C1CCc2c(cccc2OCC(=O)O)C1)NOC(c1ccccc1)c1ccncc1. The summed E-state index contributed by atoms with van der Waals surface area (Å²) in [7, 11) is 0. The number of allylic oxidation sites excluding steroid dienone is 1. The van der Waals surface area contributed by atoms with E-state index in [4.69, 9.17) is 14.7 Å². The van der Waals surface area contributed by atoms with E-state index in [1.165, 1.54) is 11.1 Å². The van der Waals surface area contributed by atoms with E-state index in [2.05, 4.69) is 41.7 Å². The fourth-order valence-electron chi connectivity index (χ4n) is 4.27. The van der Waals surface area contributed by atoms with Crippen LogP contribution in [0, 0.1) is 0 Å². The largest absolute Gasteiger partial charge is 0.482 e. The van der Waals surface area contributed by atoms with E-state index < -0.39 is 5.97 Å². The van der Waals surface area contributed by atoms with Gasteiger partial charge in [0.2, 0.25) is 0 Å². The van der Waals surface area contributed by atoms with Gasteiger partial charge in [-0.05, 0) is 66.1 Å². The molecule has 2 N–H and O–H groups in total. The Bertz CT molecular complexity index is 1080. The zero-order chi connectivity index (χ0) is 23.8. The lowest BCUT2D eigenvalue weighted by molar-refractivity contribution is -0.139. The van der Waals surface area contributed by atoms with Crippen LogP contribution in [0.25, 0.3) is 0 Å². The first-order chi connectivity index (χ1) is 16.6. The highest BCUT2D eigenvalue weighted by molar-refractivity contribution is 5.68. The van der Waals surface area contributed by atoms with Crippen molar-refractivity contribution in [3.63, 3.8) is 0 Å². The van der Waals surface area contributed by atoms with Crippen LogP contribution < -0.4 is 10.2 Å². The van der Waals surface area contributed by atoms with Crippen LogP contribution in [0.15, 0.2) is 84.7 Å². The summed E-state index contributed by atoms with van der Waals surface area (Å²) in [6, 6.07) is 20.0. The fraction of sp³-hybridized carbons (Fsp3) is 0.286. The van der Waals surface area contributed by atoms with Crippen LogP contribution in [-0.4, -0.2) is 28.7 Å². The minimum absolute atomic E-state index is 0.0658. The zero-order valence-electron chi connectivity index (χ0n) is 19.3. The highest BCUT2D eigenvalue weighted by Crippen LogP contribution is 2.32. The number of carbonyl (C=O) groups is 1. The summed E-state index contributed by atoms with van der Waals surface area (Å²) in [5.74, 6) is -0.290. The molecule has 0 radical (unpaired) electrons. The second kappa shape index (κ2) is 11.6. The first kappa shape index (κ1) is 23.7. The third-order valence-corrected chi connectivity index (χ3v) is 6.02. The van der Waals surface area contributed by atoms with Crippen LogP contribution in [0.3, 0.4) is 0 Å². The van der Waals surface area contributed by atoms with Crippen molar-refractivity contribution in [1.82, 2.24) is 10.5 Å². The Labute approximate surface area is 200 Å². The number of aliphatic carboxylic acids is 1. The Morgan fingerprint density at radius 3 is 2.56 bits per heavy atom. The predicted molar refractivity (Wildman–Crippen MR) is 131 cm³/mol. The smallest absolute Gasteiger partial charge is 0.341 e. The molecule has 1 heterocycles. The second-order valence-corrected chi connectivity index (χ2v) is 8.40. The highest BCUT2D eigenvalue weighted by Gasteiger charge is 2.20. The molecule has 1 aliphatic carbocycles. The molecular weight excluding hydrogens is 428 g/mol. The van der Waals surface area contributed by atoms with Gasteiger partial charge in [-0.15, -0.1) is 0 Å². The van der Waals surface area contributed by atoms with Gasteiger partial charge in [0.1, 0.15) is 11.9 Å². The average molecular weight is 459 g/mol. The normalized spacial score (nSPS) is 16.0. The molecule has 6 nitrogen and oxygen atoms in total. The molecule has 0 amide bonds. The maximum absolute atomic E-state index is 10.9. The number of aromatic nitrogens is 1. The summed E-state index contributed by atoms with van der Waals surface area (Å²) < 4.78 is 5.50. The number of nitrogens with zero attached hydrogens (tertiary/aromatic N) is 1. The molecule has 0 bridgehead atoms. The highest BCUT2D eigenvalue weighted by atomic mass is 16.7. The zero-order valence-corrected chi connectivity index (χ0v) is 19.3. The fourth-order valence-corrected chi connectivity index (χ4v) is 4.27. The monoisotopic (exact) mass is 458 g/mol. The lowest BCUT2D eigenvalue weighted by atomic mass is 9.86. The van der Waals surface area contributed by atoms with Crippen molar-refractivity contribution in [1.29, 1.82) is 0 Å². The van der Waals surface area contributed by atoms with Crippen LogP contribution >= 0.6 is 0 Å². The van der Waals surface area contributed by atoms with Gasteiger partial charge in [0.25, 0.3) is 0 Å². The van der Waals surface area contributed by atoms with Crippen LogP contribution in [0.4, 0.5) is 0 Å². The Morgan fingerprint density at radius 2 is 1.82 bits per heavy atom. The molecule has 6 heteroatoms. The van der Waals surface area contributed by atoms with Gasteiger partial charge in [-0.1, -0.05) is 61.0 Å². The summed E-state index contributed by atoms with van der Waals surface area (Å²) in [6.45, 7) is 1.81. The van der Waals surface area contributed by atoms with Gasteiger partial charge in [0.15, 0.2) is 6.61 Å². The summed E-state index contributed by atoms with van der Waals surface area (Å²) in [4.78, 5) is 21.3. The summed E-state index contributed by atoms with van der Waals surface area (Å²) in [5, 5.41) is 8.93. The number of pyridine rings is 1. The number of rotatable bonds is 10. The van der Waals surface area contributed by atoms with E-state index in [0.717, 1.165) is 42.4 Å². The number of hydrogen-bond acceptors (Lipinski definition) is 5. The van der Waals surface area contributed by atoms with Crippen LogP contribution in [0.2, 0.25) is 0 Å². The van der Waals surface area contributed by atoms with Crippen LogP contribution in [0.5, 0.6) is 5.75 Å². The van der Waals surface area contributed by atoms with E-state index in [1.54, 1.807) is 12.4 Å². The van der Waals surface area contributed by atoms with E-state index in [1.807, 2.05) is 42.5 Å². The second-order valence-electron chi connectivity index (χ2n) is 8.40. The number of fused-ring (bicyclic) bond motifs is 1. The lowest BCUT2D eigenvalue weighted by Gasteiger charge is -2.25. The molecule has 34 heavy (non-hydrogen) atoms. The maximum atomic E-state index is 10.9. The number of nitrogens with one attached hydrogen (secondary N) is 1. The van der Waals surface area contributed by atoms with Gasteiger partial charge in [-0.25, -0.2) is 4.79 Å². The molecule has 0 fully saturated rings. The van der Waals surface area contributed by atoms with E-state index in [9.17, 15) is 4.79 Å². The topological polar surface area (TPSA) is 80.7 Å². The van der Waals surface area contributed by atoms with E-state index >= 15 is 0 Å². The Morgan fingerprint density at radius 1 is 1.06 bits per heavy atom. The van der Waals surface area contributed by atoms with Crippen molar-refractivity contribution in [2.75, 3.05) is 6.61 Å². The number of ether oxygens (including phenoxy) is 1. The van der Waals surface area contributed by atoms with Crippen molar-refractivity contribution in [3.05, 3.63) is 107 Å². The Kier molecular flexibility index (Phi) is 8.07. The molecule has 2 unspecified atom stereocenters. The van der Waals surface area contributed by atoms with Crippen molar-refractivity contribution in [3.8, 4) is 5.75 Å². The summed E-state index contributed by atoms with van der Waals surface area (Å²) in [6.07, 6.45) is 9.03. The van der Waals surface area contributed by atoms with Crippen molar-refractivity contribution in [2.24, 2.45) is 0 Å². The van der Waals surface area contributed by atoms with Gasteiger partial charge >= 0.3 is 5.97 Å². The predicted octanol–water partition coefficient (Wildman–Crippen LogP) is 5.05. The van der Waals surface area contributed by atoms with Crippen molar-refractivity contribution < 1.29 is 19.5 Å². The molecule has 4 rings (SSSR count). The molecule has 176 valence electrons. The summed E-state index contributed by atoms with van der Waals surface area (Å²) >= 11 is 0. The Balaban J connectivity index is 1.45. The molecule has 0 saturated carbocycles. The van der Waals surface area contributed by atoms with Gasteiger partial charge in [0, 0.05) is 12.4 Å². The lowest BCUT2D eigenvalue weighted by Crippen LogP contribution is -2.30. The third-order valence-electron chi connectivity index (χ3n) is 6.02. The minimum atomic E-state index is -0.966. The number of benzene rings is 2. The molecule has 0 aliphatic heterocycles. The standard InChI is InChI=1S/C28H30N2O4/c1-2-24(30-34-28(21-7-4-3-5-8-21)22-13-15-29-16-14-22)18-20-11-12-25-23(17-20)9-6-10-26(25)33-19-27(31)32/h3-10,13-16,18,24,28,30H,2,11-12,17,19H2,1H3,(H,31,32). The third kappa shape index (κ3) is 6.10. The minimum Gasteiger partial charge on any atom is -0.482 e. The molecule has 2 aromatic carbocycles. The molecule has 0 saturated heterocycles. The number of carboxylic acids is 1. The Hall–Kier alpha value is -3.48. The molecular formula is C28H30N2O4. The van der Waals surface area contributed by atoms with Gasteiger partial charge < -0.3 is 9.84 Å². The summed E-state index contributed by atoms with van der Waals surface area (Å²) in [5.41, 5.74) is 9.05. The number of carboxylic acid groups (broad SMARTS) is 1. The van der Waals surface area contributed by atoms with Gasteiger partial charge in [-0.2, -0.15) is 5.48 Å². The first-order valence-electron chi connectivity index (χ1n) is 11.6. The molecule has 1 aromatic heterocycles. The molecule has 2 atom stereocenters. The molecule has 0 spiro atoms. The van der Waals surface area contributed by atoms with Crippen molar-refractivity contribution in [2.45, 2.75) is 44.8 Å². The van der Waals surface area contributed by atoms with E-state index in [0.29, 0.717) is 5.75 Å². The average Bonchev–Trinajstić information content (AvgIpc) is 2.88. The van der Waals surface area contributed by atoms with E-state index in [-0.39, 0.29) is 18.8 Å². The van der Waals surface area contributed by atoms with Crippen LogP contribution in [0.1, 0.15) is 48.1 Å².